The highest BCUT2D eigenvalue weighted by molar-refractivity contribution is 7.17. The van der Waals surface area contributed by atoms with E-state index in [9.17, 15) is 4.79 Å². The Morgan fingerprint density at radius 2 is 2.09 bits per heavy atom. The molecule has 114 valence electrons. The molecule has 4 rings (SSSR count). The average Bonchev–Trinajstić information content (AvgIpc) is 3.17. The molecule has 0 fully saturated rings. The van der Waals surface area contributed by atoms with E-state index >= 15 is 0 Å². The van der Waals surface area contributed by atoms with Crippen LogP contribution in [-0.4, -0.2) is 19.7 Å². The van der Waals surface area contributed by atoms with Crippen molar-refractivity contribution in [3.63, 3.8) is 0 Å². The summed E-state index contributed by atoms with van der Waals surface area (Å²) in [5.41, 5.74) is 1.80. The van der Waals surface area contributed by atoms with Crippen molar-refractivity contribution in [1.82, 2.24) is 19.7 Å². The van der Waals surface area contributed by atoms with E-state index in [1.165, 1.54) is 22.2 Å². The van der Waals surface area contributed by atoms with Gasteiger partial charge in [-0.3, -0.25) is 9.36 Å². The van der Waals surface area contributed by atoms with E-state index in [4.69, 9.17) is 4.52 Å². The summed E-state index contributed by atoms with van der Waals surface area (Å²) in [5.74, 6) is 0.935. The van der Waals surface area contributed by atoms with Crippen LogP contribution in [0.1, 0.15) is 11.7 Å². The normalized spacial score (nSPS) is 11.2. The van der Waals surface area contributed by atoms with E-state index in [2.05, 4.69) is 15.1 Å². The fourth-order valence-corrected chi connectivity index (χ4v) is 3.37. The fraction of sp³-hybridized carbons (Fsp3) is 0.125. The van der Waals surface area contributed by atoms with Crippen LogP contribution in [0.4, 0.5) is 0 Å². The van der Waals surface area contributed by atoms with Crippen LogP contribution in [0.5, 0.6) is 0 Å². The van der Waals surface area contributed by atoms with Crippen LogP contribution >= 0.6 is 11.3 Å². The molecule has 3 aromatic heterocycles. The molecule has 0 radical (unpaired) electrons. The Labute approximate surface area is 135 Å². The summed E-state index contributed by atoms with van der Waals surface area (Å²) < 4.78 is 6.58. The van der Waals surface area contributed by atoms with Gasteiger partial charge in [0.2, 0.25) is 5.89 Å². The first-order chi connectivity index (χ1) is 11.2. The van der Waals surface area contributed by atoms with Crippen LogP contribution in [0.2, 0.25) is 0 Å². The molecule has 0 saturated carbocycles. The zero-order valence-corrected chi connectivity index (χ0v) is 13.1. The van der Waals surface area contributed by atoms with E-state index in [0.717, 1.165) is 16.0 Å². The van der Waals surface area contributed by atoms with Crippen molar-refractivity contribution in [3.05, 3.63) is 64.1 Å². The molecule has 0 saturated heterocycles. The van der Waals surface area contributed by atoms with Crippen LogP contribution in [-0.2, 0) is 6.54 Å². The van der Waals surface area contributed by atoms with Crippen LogP contribution < -0.4 is 5.56 Å². The lowest BCUT2D eigenvalue weighted by Gasteiger charge is -2.03. The van der Waals surface area contributed by atoms with Crippen molar-refractivity contribution in [2.75, 3.05) is 0 Å². The number of hydrogen-bond donors (Lipinski definition) is 0. The van der Waals surface area contributed by atoms with Crippen molar-refractivity contribution in [2.24, 2.45) is 0 Å². The molecule has 4 aromatic rings. The van der Waals surface area contributed by atoms with Gasteiger partial charge < -0.3 is 4.52 Å². The molecule has 0 bridgehead atoms. The first-order valence-electron chi connectivity index (χ1n) is 7.03. The van der Waals surface area contributed by atoms with Crippen molar-refractivity contribution in [2.45, 2.75) is 13.5 Å². The highest BCUT2D eigenvalue weighted by Crippen LogP contribution is 2.30. The van der Waals surface area contributed by atoms with Gasteiger partial charge in [-0.15, -0.1) is 11.3 Å². The van der Waals surface area contributed by atoms with Crippen LogP contribution in [0.25, 0.3) is 21.3 Å². The molecule has 3 heterocycles. The second-order valence-corrected chi connectivity index (χ2v) is 5.97. The third-order valence-electron chi connectivity index (χ3n) is 3.52. The summed E-state index contributed by atoms with van der Waals surface area (Å²) in [6, 6.07) is 9.83. The molecule has 0 aliphatic heterocycles. The number of benzene rings is 1. The minimum Gasteiger partial charge on any atom is -0.337 e. The quantitative estimate of drug-likeness (QED) is 0.579. The average molecular weight is 324 g/mol. The van der Waals surface area contributed by atoms with Gasteiger partial charge in [-0.25, -0.2) is 4.98 Å². The summed E-state index contributed by atoms with van der Waals surface area (Å²) in [5, 5.41) is 6.33. The van der Waals surface area contributed by atoms with Crippen LogP contribution in [0.3, 0.4) is 0 Å². The van der Waals surface area contributed by atoms with Gasteiger partial charge in [0.25, 0.3) is 5.56 Å². The van der Waals surface area contributed by atoms with Crippen LogP contribution in [0, 0.1) is 6.92 Å². The molecule has 23 heavy (non-hydrogen) atoms. The molecule has 0 aliphatic rings. The summed E-state index contributed by atoms with van der Waals surface area (Å²) in [4.78, 5) is 22.1. The number of hydrogen-bond acceptors (Lipinski definition) is 6. The Balaban J connectivity index is 1.85. The minimum absolute atomic E-state index is 0.106. The summed E-state index contributed by atoms with van der Waals surface area (Å²) in [6.07, 6.45) is 1.52. The molecular weight excluding hydrogens is 312 g/mol. The molecular formula is C16H12N4O2S. The van der Waals surface area contributed by atoms with Crippen molar-refractivity contribution in [1.29, 1.82) is 0 Å². The molecule has 0 aliphatic carbocycles. The second kappa shape index (κ2) is 5.44. The number of thiophene rings is 1. The summed E-state index contributed by atoms with van der Waals surface area (Å²) in [6.45, 7) is 1.95. The Morgan fingerprint density at radius 1 is 1.26 bits per heavy atom. The number of rotatable bonds is 3. The maximum Gasteiger partial charge on any atom is 0.263 e. The summed E-state index contributed by atoms with van der Waals surface area (Å²) in [7, 11) is 0. The highest BCUT2D eigenvalue weighted by Gasteiger charge is 2.14. The third kappa shape index (κ3) is 2.44. The van der Waals surface area contributed by atoms with Gasteiger partial charge in [0.05, 0.1) is 11.7 Å². The maximum atomic E-state index is 12.8. The van der Waals surface area contributed by atoms with Gasteiger partial charge >= 0.3 is 0 Å². The van der Waals surface area contributed by atoms with Crippen LogP contribution in [0.15, 0.2) is 51.4 Å². The molecule has 0 N–H and O–H groups in total. The van der Waals surface area contributed by atoms with Gasteiger partial charge in [0, 0.05) is 10.9 Å². The van der Waals surface area contributed by atoms with E-state index in [1.54, 1.807) is 6.92 Å². The highest BCUT2D eigenvalue weighted by atomic mass is 32.1. The number of fused-ring (bicyclic) bond motifs is 1. The lowest BCUT2D eigenvalue weighted by atomic mass is 10.1. The smallest absolute Gasteiger partial charge is 0.263 e. The first kappa shape index (κ1) is 13.8. The summed E-state index contributed by atoms with van der Waals surface area (Å²) >= 11 is 1.47. The largest absolute Gasteiger partial charge is 0.337 e. The molecule has 0 spiro atoms. The predicted octanol–water partition coefficient (Wildman–Crippen LogP) is 2.86. The van der Waals surface area contributed by atoms with Crippen molar-refractivity contribution >= 4 is 21.6 Å². The van der Waals surface area contributed by atoms with Gasteiger partial charge in [0.15, 0.2) is 5.82 Å². The first-order valence-corrected chi connectivity index (χ1v) is 7.91. The van der Waals surface area contributed by atoms with E-state index < -0.39 is 0 Å². The standard InChI is InChI=1S/C16H12N4O2S/c1-10-18-13(22-19-10)7-20-9-17-15-14(16(20)21)12(8-23-15)11-5-3-2-4-6-11/h2-6,8-9H,7H2,1H3. The fourth-order valence-electron chi connectivity index (χ4n) is 2.46. The van der Waals surface area contributed by atoms with E-state index in [0.29, 0.717) is 17.1 Å². The second-order valence-electron chi connectivity index (χ2n) is 5.11. The third-order valence-corrected chi connectivity index (χ3v) is 4.41. The SMILES string of the molecule is Cc1noc(Cn2cnc3scc(-c4ccccc4)c3c2=O)n1. The van der Waals surface area contributed by atoms with Gasteiger partial charge in [-0.2, -0.15) is 4.98 Å². The molecule has 0 amide bonds. The van der Waals surface area contributed by atoms with Gasteiger partial charge in [-0.1, -0.05) is 35.5 Å². The van der Waals surface area contributed by atoms with Gasteiger partial charge in [-0.05, 0) is 12.5 Å². The van der Waals surface area contributed by atoms with Crippen molar-refractivity contribution < 1.29 is 4.52 Å². The number of aryl methyl sites for hydroxylation is 1. The Bertz CT molecular complexity index is 1030. The van der Waals surface area contributed by atoms with E-state index in [1.807, 2.05) is 35.7 Å². The Hall–Kier alpha value is -2.80. The molecule has 0 atom stereocenters. The number of aromatic nitrogens is 4. The molecule has 0 unspecified atom stereocenters. The lowest BCUT2D eigenvalue weighted by Crippen LogP contribution is -2.21. The zero-order chi connectivity index (χ0) is 15.8. The monoisotopic (exact) mass is 324 g/mol. The number of nitrogens with zero attached hydrogens (tertiary/aromatic N) is 4. The van der Waals surface area contributed by atoms with Crippen molar-refractivity contribution in [3.8, 4) is 11.1 Å². The lowest BCUT2D eigenvalue weighted by molar-refractivity contribution is 0.366. The van der Waals surface area contributed by atoms with Gasteiger partial charge in [0.1, 0.15) is 11.4 Å². The molecule has 1 aromatic carbocycles. The van der Waals surface area contributed by atoms with E-state index in [-0.39, 0.29) is 12.1 Å². The maximum absolute atomic E-state index is 12.8. The Morgan fingerprint density at radius 3 is 2.83 bits per heavy atom. The topological polar surface area (TPSA) is 73.8 Å². The zero-order valence-electron chi connectivity index (χ0n) is 12.3. The minimum atomic E-state index is -0.106. The molecule has 7 heteroatoms. The predicted molar refractivity (Wildman–Crippen MR) is 87.5 cm³/mol. The molecule has 6 nitrogen and oxygen atoms in total. The Kier molecular flexibility index (Phi) is 3.27.